The zero-order chi connectivity index (χ0) is 25.5. The van der Waals surface area contributed by atoms with E-state index in [1.165, 1.54) is 5.56 Å². The number of fused-ring (bicyclic) bond motifs is 3. The van der Waals surface area contributed by atoms with Crippen molar-refractivity contribution in [1.29, 1.82) is 0 Å². The van der Waals surface area contributed by atoms with Gasteiger partial charge in [-0.25, -0.2) is 4.98 Å². The van der Waals surface area contributed by atoms with Gasteiger partial charge in [-0.2, -0.15) is 0 Å². The SMILES string of the molecule is CC1(C)c2cccc3c4cccc(O)c4c4nc(-c5[c-]c(Oc6ccccn6)ccc5)c(n4c23)C1(C)C.[Pt]. The molecule has 0 atom stereocenters. The normalized spacial score (nSPS) is 15.2. The van der Waals surface area contributed by atoms with Crippen molar-refractivity contribution in [1.82, 2.24) is 14.4 Å². The summed E-state index contributed by atoms with van der Waals surface area (Å²) in [4.78, 5) is 9.52. The number of benzene rings is 3. The summed E-state index contributed by atoms with van der Waals surface area (Å²) in [6.45, 7) is 9.19. The number of aromatic hydroxyl groups is 1. The number of hydrogen-bond donors (Lipinski definition) is 1. The van der Waals surface area contributed by atoms with Crippen molar-refractivity contribution >= 4 is 27.3 Å². The first-order valence-corrected chi connectivity index (χ1v) is 12.5. The van der Waals surface area contributed by atoms with Gasteiger partial charge in [-0.15, -0.1) is 23.8 Å². The van der Waals surface area contributed by atoms with E-state index in [9.17, 15) is 5.11 Å². The summed E-state index contributed by atoms with van der Waals surface area (Å²) < 4.78 is 8.28. The minimum Gasteiger partial charge on any atom is -0.507 e. The molecule has 1 aliphatic rings. The number of phenolic OH excluding ortho intramolecular Hbond substituents is 1. The van der Waals surface area contributed by atoms with Gasteiger partial charge in [0.1, 0.15) is 11.4 Å². The van der Waals surface area contributed by atoms with Gasteiger partial charge in [0, 0.05) is 66.7 Å². The Hall–Kier alpha value is -3.69. The van der Waals surface area contributed by atoms with Gasteiger partial charge in [-0.05, 0) is 23.1 Å². The van der Waals surface area contributed by atoms with Crippen LogP contribution in [0.4, 0.5) is 0 Å². The molecule has 0 unspecified atom stereocenters. The van der Waals surface area contributed by atoms with Crippen molar-refractivity contribution in [3.63, 3.8) is 0 Å². The smallest absolute Gasteiger partial charge is 0.217 e. The monoisotopic (exact) mass is 679 g/mol. The maximum absolute atomic E-state index is 11.0. The molecule has 5 nitrogen and oxygen atoms in total. The molecule has 0 saturated carbocycles. The molecule has 1 N–H and O–H groups in total. The molecular weight excluding hydrogens is 653 g/mol. The van der Waals surface area contributed by atoms with E-state index in [1.54, 1.807) is 12.3 Å². The van der Waals surface area contributed by atoms with E-state index in [2.05, 4.69) is 67.4 Å². The molecule has 0 amide bonds. The molecule has 3 aromatic heterocycles. The Bertz CT molecular complexity index is 1870. The maximum atomic E-state index is 11.0. The van der Waals surface area contributed by atoms with Crippen molar-refractivity contribution in [2.24, 2.45) is 0 Å². The number of ether oxygens (including phenoxy) is 1. The molecule has 0 aliphatic carbocycles. The van der Waals surface area contributed by atoms with Gasteiger partial charge in [-0.1, -0.05) is 70.2 Å². The van der Waals surface area contributed by atoms with Gasteiger partial charge in [-0.3, -0.25) is 4.98 Å². The maximum Gasteiger partial charge on any atom is 0.217 e. The van der Waals surface area contributed by atoms with Crippen molar-refractivity contribution < 1.29 is 30.9 Å². The Labute approximate surface area is 235 Å². The Morgan fingerprint density at radius 3 is 2.39 bits per heavy atom. The van der Waals surface area contributed by atoms with Crippen molar-refractivity contribution in [3.8, 4) is 28.6 Å². The van der Waals surface area contributed by atoms with Crippen LogP contribution in [0.3, 0.4) is 0 Å². The molecule has 0 fully saturated rings. The summed E-state index contributed by atoms with van der Waals surface area (Å²) in [6.07, 6.45) is 1.70. The zero-order valence-electron chi connectivity index (χ0n) is 21.5. The van der Waals surface area contributed by atoms with Gasteiger partial charge in [0.2, 0.25) is 5.88 Å². The van der Waals surface area contributed by atoms with E-state index >= 15 is 0 Å². The third-order valence-electron chi connectivity index (χ3n) is 8.40. The molecule has 0 saturated heterocycles. The summed E-state index contributed by atoms with van der Waals surface area (Å²) in [5.74, 6) is 1.32. The summed E-state index contributed by atoms with van der Waals surface area (Å²) in [5, 5.41) is 13.9. The largest absolute Gasteiger partial charge is 0.507 e. The van der Waals surface area contributed by atoms with Crippen LogP contribution >= 0.6 is 0 Å². The summed E-state index contributed by atoms with van der Waals surface area (Å²) in [7, 11) is 0. The Morgan fingerprint density at radius 2 is 1.61 bits per heavy atom. The van der Waals surface area contributed by atoms with Gasteiger partial charge in [0.15, 0.2) is 0 Å². The number of pyridine rings is 2. The van der Waals surface area contributed by atoms with Gasteiger partial charge in [0.25, 0.3) is 0 Å². The van der Waals surface area contributed by atoms with E-state index in [0.717, 1.165) is 44.3 Å². The quantitative estimate of drug-likeness (QED) is 0.155. The Kier molecular flexibility index (Phi) is 5.45. The van der Waals surface area contributed by atoms with Crippen molar-refractivity contribution in [2.75, 3.05) is 0 Å². The first kappa shape index (κ1) is 24.6. The van der Waals surface area contributed by atoms with Crippen LogP contribution in [0.25, 0.3) is 38.6 Å². The van der Waals surface area contributed by atoms with Crippen LogP contribution in [0, 0.1) is 6.07 Å². The molecule has 4 heterocycles. The van der Waals surface area contributed by atoms with Crippen LogP contribution in [0.5, 0.6) is 17.4 Å². The van der Waals surface area contributed by atoms with Crippen molar-refractivity contribution in [3.05, 3.63) is 96.3 Å². The molecule has 7 rings (SSSR count). The van der Waals surface area contributed by atoms with Crippen molar-refractivity contribution in [2.45, 2.75) is 38.5 Å². The molecule has 3 aromatic carbocycles. The Balaban J connectivity index is 0.00000264. The van der Waals surface area contributed by atoms with Crippen LogP contribution < -0.4 is 4.74 Å². The fourth-order valence-corrected chi connectivity index (χ4v) is 5.87. The van der Waals surface area contributed by atoms with Gasteiger partial charge >= 0.3 is 0 Å². The van der Waals surface area contributed by atoms with E-state index in [4.69, 9.17) is 9.72 Å². The third-order valence-corrected chi connectivity index (χ3v) is 8.40. The average molecular weight is 680 g/mol. The molecular formula is C32H26N3O2Pt-. The molecule has 0 radical (unpaired) electrons. The van der Waals surface area contributed by atoms with Crippen LogP contribution in [0.15, 0.2) is 79.0 Å². The zero-order valence-corrected chi connectivity index (χ0v) is 23.8. The van der Waals surface area contributed by atoms with Crippen LogP contribution in [-0.4, -0.2) is 19.5 Å². The first-order valence-electron chi connectivity index (χ1n) is 12.5. The average Bonchev–Trinajstić information content (AvgIpc) is 3.30. The van der Waals surface area contributed by atoms with E-state index < -0.39 is 0 Å². The predicted octanol–water partition coefficient (Wildman–Crippen LogP) is 7.57. The second-order valence-electron chi connectivity index (χ2n) is 10.8. The molecule has 38 heavy (non-hydrogen) atoms. The minimum atomic E-state index is -0.285. The van der Waals surface area contributed by atoms with Crippen LogP contribution in [-0.2, 0) is 31.9 Å². The summed E-state index contributed by atoms with van der Waals surface area (Å²) in [6, 6.07) is 27.1. The van der Waals surface area contributed by atoms with E-state index in [1.807, 2.05) is 42.5 Å². The third kappa shape index (κ3) is 3.21. The van der Waals surface area contributed by atoms with Crippen LogP contribution in [0.2, 0.25) is 0 Å². The fourth-order valence-electron chi connectivity index (χ4n) is 5.87. The second kappa shape index (κ2) is 8.41. The van der Waals surface area contributed by atoms with Crippen LogP contribution in [0.1, 0.15) is 39.0 Å². The van der Waals surface area contributed by atoms with Gasteiger partial charge < -0.3 is 14.2 Å². The number of nitrogens with zero attached hydrogens (tertiary/aromatic N) is 3. The molecule has 192 valence electrons. The molecule has 0 bridgehead atoms. The fraction of sp³-hybridized carbons (Fsp3) is 0.188. The topological polar surface area (TPSA) is 59.7 Å². The number of para-hydroxylation sites is 1. The first-order chi connectivity index (χ1) is 17.8. The number of hydrogen-bond acceptors (Lipinski definition) is 4. The molecule has 1 aliphatic heterocycles. The number of rotatable bonds is 3. The predicted molar refractivity (Wildman–Crippen MR) is 147 cm³/mol. The molecule has 6 aromatic rings. The number of aromatic nitrogens is 3. The second-order valence-corrected chi connectivity index (χ2v) is 10.8. The minimum absolute atomic E-state index is 0. The summed E-state index contributed by atoms with van der Waals surface area (Å²) >= 11 is 0. The van der Waals surface area contributed by atoms with Gasteiger partial charge in [0.05, 0.1) is 10.9 Å². The molecule has 6 heteroatoms. The van der Waals surface area contributed by atoms with E-state index in [-0.39, 0.29) is 37.6 Å². The summed E-state index contributed by atoms with van der Waals surface area (Å²) in [5.41, 5.74) is 5.50. The number of imidazole rings is 1. The van der Waals surface area contributed by atoms with E-state index in [0.29, 0.717) is 11.6 Å². The molecule has 0 spiro atoms. The number of phenols is 1. The Morgan fingerprint density at radius 1 is 0.842 bits per heavy atom. The standard InChI is InChI=1S/C32H26N3O2.Pt/c1-31(2)23-14-8-13-22-21-12-9-15-24(36)26(21)30-34-27(29(32(31,3)4)35(30)28(22)23)19-10-7-11-20(18-19)37-25-16-5-6-17-33-25;/h5-17,36H,1-4H3;/q-1;.